The molecule has 0 atom stereocenters. The molecule has 0 amide bonds. The van der Waals surface area contributed by atoms with Gasteiger partial charge in [-0.1, -0.05) is 0 Å². The van der Waals surface area contributed by atoms with Crippen molar-refractivity contribution < 1.29 is 0 Å². The van der Waals surface area contributed by atoms with Crippen molar-refractivity contribution in [2.24, 2.45) is 0 Å². The Morgan fingerprint density at radius 1 is 1.58 bits per heavy atom. The van der Waals surface area contributed by atoms with Crippen LogP contribution in [-0.2, 0) is 0 Å². The molecule has 1 aromatic heterocycles. The summed E-state index contributed by atoms with van der Waals surface area (Å²) in [6.45, 7) is 3.97. The largest absolute Gasteiger partial charge is 0.352 e. The van der Waals surface area contributed by atoms with Crippen LogP contribution < -0.4 is 5.32 Å². The summed E-state index contributed by atoms with van der Waals surface area (Å²) in [5, 5.41) is 14.3. The second-order valence-electron chi connectivity index (χ2n) is 2.60. The lowest BCUT2D eigenvalue weighted by molar-refractivity contribution is 0.695. The van der Waals surface area contributed by atoms with Gasteiger partial charge in [-0.3, -0.25) is 5.41 Å². The fourth-order valence-electron chi connectivity index (χ4n) is 0.741. The molecule has 0 radical (unpaired) electrons. The van der Waals surface area contributed by atoms with E-state index in [0.717, 1.165) is 0 Å². The van der Waals surface area contributed by atoms with E-state index in [4.69, 9.17) is 5.41 Å². The van der Waals surface area contributed by atoms with Gasteiger partial charge in [-0.25, -0.2) is 4.68 Å². The van der Waals surface area contributed by atoms with Crippen LogP contribution in [0.5, 0.6) is 0 Å². The molecule has 12 heavy (non-hydrogen) atoms. The molecular formula is C7H13ClN4. The van der Waals surface area contributed by atoms with Crippen molar-refractivity contribution in [3.05, 3.63) is 18.5 Å². The summed E-state index contributed by atoms with van der Waals surface area (Å²) in [5.41, 5.74) is 0. The normalized spacial score (nSPS) is 9.25. The first-order valence-electron chi connectivity index (χ1n) is 3.55. The van der Waals surface area contributed by atoms with E-state index in [0.29, 0.717) is 5.96 Å². The Labute approximate surface area is 77.9 Å². The number of nitrogens with zero attached hydrogens (tertiary/aromatic N) is 2. The van der Waals surface area contributed by atoms with Crippen LogP contribution in [0, 0.1) is 5.41 Å². The van der Waals surface area contributed by atoms with Gasteiger partial charge in [-0.2, -0.15) is 5.10 Å². The Kier molecular flexibility index (Phi) is 4.36. The van der Waals surface area contributed by atoms with E-state index in [1.807, 2.05) is 13.8 Å². The highest BCUT2D eigenvalue weighted by atomic mass is 35.5. The Hall–Kier alpha value is -1.03. The first-order chi connectivity index (χ1) is 5.20. The van der Waals surface area contributed by atoms with Gasteiger partial charge in [0.05, 0.1) is 0 Å². The minimum atomic E-state index is 0. The molecule has 0 bridgehead atoms. The number of hydrogen-bond acceptors (Lipinski definition) is 2. The number of halogens is 1. The molecule has 0 unspecified atom stereocenters. The van der Waals surface area contributed by atoms with E-state index >= 15 is 0 Å². The Morgan fingerprint density at radius 3 is 2.67 bits per heavy atom. The maximum Gasteiger partial charge on any atom is 0.216 e. The Balaban J connectivity index is 0.00000121. The van der Waals surface area contributed by atoms with Crippen LogP contribution >= 0.6 is 12.4 Å². The third kappa shape index (κ3) is 2.92. The maximum absolute atomic E-state index is 7.47. The topological polar surface area (TPSA) is 53.7 Å². The van der Waals surface area contributed by atoms with Gasteiger partial charge in [0.2, 0.25) is 5.96 Å². The van der Waals surface area contributed by atoms with Gasteiger partial charge in [0, 0.05) is 18.4 Å². The van der Waals surface area contributed by atoms with Crippen LogP contribution in [0.4, 0.5) is 0 Å². The minimum Gasteiger partial charge on any atom is -0.352 e. The minimum absolute atomic E-state index is 0. The summed E-state index contributed by atoms with van der Waals surface area (Å²) in [6.07, 6.45) is 3.38. The number of rotatable bonds is 1. The zero-order valence-corrected chi connectivity index (χ0v) is 7.93. The zero-order chi connectivity index (χ0) is 8.27. The number of nitrogens with one attached hydrogen (secondary N) is 2. The number of hydrogen-bond donors (Lipinski definition) is 2. The quantitative estimate of drug-likeness (QED) is 0.512. The summed E-state index contributed by atoms with van der Waals surface area (Å²) >= 11 is 0. The fraction of sp³-hybridized carbons (Fsp3) is 0.429. The van der Waals surface area contributed by atoms with E-state index < -0.39 is 0 Å². The summed E-state index contributed by atoms with van der Waals surface area (Å²) < 4.78 is 1.49. The van der Waals surface area contributed by atoms with Gasteiger partial charge in [-0.15, -0.1) is 12.4 Å². The highest BCUT2D eigenvalue weighted by molar-refractivity contribution is 5.85. The van der Waals surface area contributed by atoms with E-state index in [1.165, 1.54) is 4.68 Å². The van der Waals surface area contributed by atoms with Crippen LogP contribution in [0.1, 0.15) is 13.8 Å². The van der Waals surface area contributed by atoms with Crippen molar-refractivity contribution in [3.63, 3.8) is 0 Å². The number of aromatic nitrogens is 2. The molecule has 0 spiro atoms. The lowest BCUT2D eigenvalue weighted by Gasteiger charge is -2.09. The van der Waals surface area contributed by atoms with E-state index in [9.17, 15) is 0 Å². The van der Waals surface area contributed by atoms with Gasteiger partial charge in [0.15, 0.2) is 0 Å². The fourth-order valence-corrected chi connectivity index (χ4v) is 0.741. The summed E-state index contributed by atoms with van der Waals surface area (Å²) in [6, 6.07) is 2.06. The van der Waals surface area contributed by atoms with Gasteiger partial charge < -0.3 is 5.32 Å². The summed E-state index contributed by atoms with van der Waals surface area (Å²) in [7, 11) is 0. The molecule has 68 valence electrons. The van der Waals surface area contributed by atoms with Crippen molar-refractivity contribution in [2.45, 2.75) is 19.9 Å². The monoisotopic (exact) mass is 188 g/mol. The smallest absolute Gasteiger partial charge is 0.216 e. The van der Waals surface area contributed by atoms with E-state index in [2.05, 4.69) is 10.4 Å². The lowest BCUT2D eigenvalue weighted by Crippen LogP contribution is -2.34. The molecule has 0 saturated carbocycles. The third-order valence-corrected chi connectivity index (χ3v) is 1.16. The molecule has 0 saturated heterocycles. The zero-order valence-electron chi connectivity index (χ0n) is 7.11. The molecule has 0 fully saturated rings. The molecule has 0 aromatic carbocycles. The molecule has 4 nitrogen and oxygen atoms in total. The van der Waals surface area contributed by atoms with Gasteiger partial charge in [-0.05, 0) is 19.9 Å². The molecule has 0 aliphatic rings. The lowest BCUT2D eigenvalue weighted by atomic mass is 10.4. The van der Waals surface area contributed by atoms with Crippen LogP contribution in [0.3, 0.4) is 0 Å². The summed E-state index contributed by atoms with van der Waals surface area (Å²) in [4.78, 5) is 0. The second kappa shape index (κ2) is 4.77. The SMILES string of the molecule is CC(C)NC(=N)n1cccn1.Cl. The van der Waals surface area contributed by atoms with Crippen LogP contribution in [0.25, 0.3) is 0 Å². The van der Waals surface area contributed by atoms with Crippen LogP contribution in [0.2, 0.25) is 0 Å². The Morgan fingerprint density at radius 2 is 2.25 bits per heavy atom. The van der Waals surface area contributed by atoms with Crippen LogP contribution in [0.15, 0.2) is 18.5 Å². The molecule has 1 heterocycles. The highest BCUT2D eigenvalue weighted by Gasteiger charge is 1.99. The average molecular weight is 189 g/mol. The third-order valence-electron chi connectivity index (χ3n) is 1.16. The first-order valence-corrected chi connectivity index (χ1v) is 3.55. The first kappa shape index (κ1) is 11.0. The average Bonchev–Trinajstić information content (AvgIpc) is 2.35. The predicted octanol–water partition coefficient (Wildman–Crippen LogP) is 1.09. The molecule has 1 aromatic rings. The van der Waals surface area contributed by atoms with Crippen molar-refractivity contribution in [1.29, 1.82) is 5.41 Å². The standard InChI is InChI=1S/C7H12N4.ClH/c1-6(2)10-7(8)11-5-3-4-9-11;/h3-6H,1-2H3,(H2,8,10);1H. The molecule has 0 aliphatic carbocycles. The van der Waals surface area contributed by atoms with Gasteiger partial charge in [0.25, 0.3) is 0 Å². The molecule has 5 heteroatoms. The summed E-state index contributed by atoms with van der Waals surface area (Å²) in [5.74, 6) is 0.310. The van der Waals surface area contributed by atoms with Gasteiger partial charge in [0.1, 0.15) is 0 Å². The van der Waals surface area contributed by atoms with Crippen LogP contribution in [-0.4, -0.2) is 21.8 Å². The van der Waals surface area contributed by atoms with E-state index in [-0.39, 0.29) is 18.4 Å². The van der Waals surface area contributed by atoms with Crippen molar-refractivity contribution in [2.75, 3.05) is 0 Å². The molecule has 2 N–H and O–H groups in total. The molecule has 0 aliphatic heterocycles. The van der Waals surface area contributed by atoms with Crippen molar-refractivity contribution >= 4 is 18.4 Å². The van der Waals surface area contributed by atoms with E-state index in [1.54, 1.807) is 18.5 Å². The highest BCUT2D eigenvalue weighted by Crippen LogP contribution is 1.83. The van der Waals surface area contributed by atoms with Gasteiger partial charge >= 0.3 is 0 Å². The maximum atomic E-state index is 7.47. The predicted molar refractivity (Wildman–Crippen MR) is 50.9 cm³/mol. The Bertz CT molecular complexity index is 230. The van der Waals surface area contributed by atoms with Crippen molar-refractivity contribution in [3.8, 4) is 0 Å². The molecule has 1 rings (SSSR count). The molecular weight excluding hydrogens is 176 g/mol. The second-order valence-corrected chi connectivity index (χ2v) is 2.60. The van der Waals surface area contributed by atoms with Crippen molar-refractivity contribution in [1.82, 2.24) is 15.1 Å².